The molecular formula is C14H8F3IN2S. The van der Waals surface area contributed by atoms with Crippen molar-refractivity contribution in [3.63, 3.8) is 0 Å². The van der Waals surface area contributed by atoms with E-state index in [4.69, 9.17) is 0 Å². The molecule has 2 aromatic carbocycles. The summed E-state index contributed by atoms with van der Waals surface area (Å²) in [6.07, 6.45) is -4.35. The van der Waals surface area contributed by atoms with E-state index in [0.717, 1.165) is 26.1 Å². The minimum atomic E-state index is -4.35. The van der Waals surface area contributed by atoms with E-state index in [1.54, 1.807) is 0 Å². The van der Waals surface area contributed by atoms with Crippen molar-refractivity contribution in [1.29, 1.82) is 0 Å². The number of aromatic nitrogens is 1. The average molecular weight is 420 g/mol. The highest BCUT2D eigenvalue weighted by atomic mass is 127. The van der Waals surface area contributed by atoms with Crippen LogP contribution in [0.2, 0.25) is 0 Å². The van der Waals surface area contributed by atoms with Crippen LogP contribution in [0.1, 0.15) is 5.56 Å². The normalized spacial score (nSPS) is 11.8. The Balaban J connectivity index is 1.92. The second-order valence-electron chi connectivity index (χ2n) is 4.33. The third-order valence-electron chi connectivity index (χ3n) is 2.81. The molecule has 3 rings (SSSR count). The van der Waals surface area contributed by atoms with Crippen LogP contribution in [0.25, 0.3) is 10.2 Å². The van der Waals surface area contributed by atoms with E-state index in [-0.39, 0.29) is 0 Å². The number of nitrogens with zero attached hydrogens (tertiary/aromatic N) is 1. The molecule has 1 aromatic heterocycles. The number of alkyl halides is 3. The van der Waals surface area contributed by atoms with Gasteiger partial charge in [0.2, 0.25) is 0 Å². The number of fused-ring (bicyclic) bond motifs is 1. The van der Waals surface area contributed by atoms with Gasteiger partial charge in [-0.25, -0.2) is 4.98 Å². The molecule has 108 valence electrons. The molecule has 0 bridgehead atoms. The Morgan fingerprint density at radius 2 is 1.76 bits per heavy atom. The zero-order valence-corrected chi connectivity index (χ0v) is 13.4. The predicted molar refractivity (Wildman–Crippen MR) is 87.1 cm³/mol. The SMILES string of the molecule is FC(F)(F)c1ccc2sc(Nc3ccc(I)cc3)nc2c1. The van der Waals surface area contributed by atoms with E-state index in [1.807, 2.05) is 24.3 Å². The van der Waals surface area contributed by atoms with E-state index in [0.29, 0.717) is 10.6 Å². The molecule has 0 spiro atoms. The molecule has 1 N–H and O–H groups in total. The van der Waals surface area contributed by atoms with Crippen LogP contribution in [-0.2, 0) is 6.18 Å². The third kappa shape index (κ3) is 3.29. The van der Waals surface area contributed by atoms with Crippen molar-refractivity contribution in [2.24, 2.45) is 0 Å². The van der Waals surface area contributed by atoms with Gasteiger partial charge in [-0.3, -0.25) is 0 Å². The highest BCUT2D eigenvalue weighted by Gasteiger charge is 2.30. The number of anilines is 2. The number of thiazole rings is 1. The molecule has 7 heteroatoms. The Morgan fingerprint density at radius 3 is 2.43 bits per heavy atom. The molecule has 0 saturated heterocycles. The Kier molecular flexibility index (Phi) is 3.78. The van der Waals surface area contributed by atoms with Crippen molar-refractivity contribution < 1.29 is 13.2 Å². The molecule has 21 heavy (non-hydrogen) atoms. The van der Waals surface area contributed by atoms with Crippen LogP contribution in [0.3, 0.4) is 0 Å². The summed E-state index contributed by atoms with van der Waals surface area (Å²) < 4.78 is 39.8. The summed E-state index contributed by atoms with van der Waals surface area (Å²) in [5.74, 6) is 0. The molecule has 0 amide bonds. The standard InChI is InChI=1S/C14H8F3IN2S/c15-14(16,17)8-1-6-12-11(7-8)20-13(21-12)19-10-4-2-9(18)3-5-10/h1-7H,(H,19,20). The maximum Gasteiger partial charge on any atom is 0.416 e. The maximum absolute atomic E-state index is 12.7. The molecule has 0 atom stereocenters. The quantitative estimate of drug-likeness (QED) is 0.541. The van der Waals surface area contributed by atoms with Gasteiger partial charge in [0.05, 0.1) is 15.8 Å². The monoisotopic (exact) mass is 420 g/mol. The minimum Gasteiger partial charge on any atom is -0.332 e. The number of rotatable bonds is 2. The highest BCUT2D eigenvalue weighted by molar-refractivity contribution is 14.1. The molecule has 0 saturated carbocycles. The topological polar surface area (TPSA) is 24.9 Å². The van der Waals surface area contributed by atoms with E-state index in [2.05, 4.69) is 32.9 Å². The Hall–Kier alpha value is -1.35. The van der Waals surface area contributed by atoms with Crippen molar-refractivity contribution in [2.75, 3.05) is 5.32 Å². The third-order valence-corrected chi connectivity index (χ3v) is 4.48. The minimum absolute atomic E-state index is 0.350. The predicted octanol–water partition coefficient (Wildman–Crippen LogP) is 5.66. The number of benzene rings is 2. The first-order chi connectivity index (χ1) is 9.91. The van der Waals surface area contributed by atoms with Crippen LogP contribution in [0.15, 0.2) is 42.5 Å². The maximum atomic E-state index is 12.7. The number of nitrogens with one attached hydrogen (secondary N) is 1. The van der Waals surface area contributed by atoms with Crippen LogP contribution in [0, 0.1) is 3.57 Å². The van der Waals surface area contributed by atoms with Crippen LogP contribution in [-0.4, -0.2) is 4.98 Å². The van der Waals surface area contributed by atoms with Crippen molar-refractivity contribution in [2.45, 2.75) is 6.18 Å². The molecule has 3 aromatic rings. The van der Waals surface area contributed by atoms with Gasteiger partial charge in [-0.15, -0.1) is 0 Å². The zero-order valence-electron chi connectivity index (χ0n) is 10.4. The summed E-state index contributed by atoms with van der Waals surface area (Å²) in [7, 11) is 0. The van der Waals surface area contributed by atoms with E-state index in [9.17, 15) is 13.2 Å². The van der Waals surface area contributed by atoms with E-state index in [1.165, 1.54) is 17.4 Å². The second kappa shape index (κ2) is 5.45. The summed E-state index contributed by atoms with van der Waals surface area (Å²) in [6, 6.07) is 11.3. The van der Waals surface area contributed by atoms with Gasteiger partial charge in [0.15, 0.2) is 5.13 Å². The lowest BCUT2D eigenvalue weighted by Crippen LogP contribution is -2.03. The van der Waals surface area contributed by atoms with Crippen LogP contribution >= 0.6 is 33.9 Å². The van der Waals surface area contributed by atoms with Gasteiger partial charge in [-0.2, -0.15) is 13.2 Å². The summed E-state index contributed by atoms with van der Waals surface area (Å²) in [6.45, 7) is 0. The fraction of sp³-hybridized carbons (Fsp3) is 0.0714. The molecule has 0 radical (unpaired) electrons. The van der Waals surface area contributed by atoms with Gasteiger partial charge in [0.25, 0.3) is 0 Å². The molecule has 0 aliphatic rings. The Labute approximate surface area is 136 Å². The molecule has 2 nitrogen and oxygen atoms in total. The lowest BCUT2D eigenvalue weighted by Gasteiger charge is -2.04. The van der Waals surface area contributed by atoms with Gasteiger partial charge in [0.1, 0.15) is 0 Å². The van der Waals surface area contributed by atoms with Crippen molar-refractivity contribution in [3.05, 3.63) is 51.6 Å². The largest absolute Gasteiger partial charge is 0.416 e. The average Bonchev–Trinajstić information content (AvgIpc) is 2.81. The fourth-order valence-electron chi connectivity index (χ4n) is 1.81. The summed E-state index contributed by atoms with van der Waals surface area (Å²) in [4.78, 5) is 4.21. The van der Waals surface area contributed by atoms with Gasteiger partial charge >= 0.3 is 6.18 Å². The molecule has 0 fully saturated rings. The van der Waals surface area contributed by atoms with Gasteiger partial charge in [-0.1, -0.05) is 11.3 Å². The fourth-order valence-corrected chi connectivity index (χ4v) is 3.04. The van der Waals surface area contributed by atoms with Gasteiger partial charge in [0, 0.05) is 9.26 Å². The van der Waals surface area contributed by atoms with Crippen LogP contribution < -0.4 is 5.32 Å². The first kappa shape index (κ1) is 14.6. The summed E-state index contributed by atoms with van der Waals surface area (Å²) >= 11 is 3.53. The second-order valence-corrected chi connectivity index (χ2v) is 6.61. The highest BCUT2D eigenvalue weighted by Crippen LogP contribution is 2.34. The Morgan fingerprint density at radius 1 is 1.05 bits per heavy atom. The first-order valence-electron chi connectivity index (χ1n) is 5.92. The van der Waals surface area contributed by atoms with Crippen molar-refractivity contribution in [1.82, 2.24) is 4.98 Å². The van der Waals surface area contributed by atoms with Crippen molar-refractivity contribution >= 4 is 55.0 Å². The zero-order chi connectivity index (χ0) is 15.0. The molecule has 0 aliphatic heterocycles. The van der Waals surface area contributed by atoms with Crippen LogP contribution in [0.4, 0.5) is 24.0 Å². The van der Waals surface area contributed by atoms with Gasteiger partial charge in [-0.05, 0) is 65.1 Å². The molecule has 0 aliphatic carbocycles. The van der Waals surface area contributed by atoms with Gasteiger partial charge < -0.3 is 5.32 Å². The first-order valence-corrected chi connectivity index (χ1v) is 7.82. The van der Waals surface area contributed by atoms with Crippen LogP contribution in [0.5, 0.6) is 0 Å². The Bertz CT molecular complexity index is 781. The summed E-state index contributed by atoms with van der Waals surface area (Å²) in [5, 5.41) is 3.68. The summed E-state index contributed by atoms with van der Waals surface area (Å²) in [5.41, 5.74) is 0.523. The molecule has 1 heterocycles. The van der Waals surface area contributed by atoms with E-state index < -0.39 is 11.7 Å². The number of hydrogen-bond donors (Lipinski definition) is 1. The molecule has 0 unspecified atom stereocenters. The smallest absolute Gasteiger partial charge is 0.332 e. The number of halogens is 4. The molecular weight excluding hydrogens is 412 g/mol. The van der Waals surface area contributed by atoms with E-state index >= 15 is 0 Å². The number of hydrogen-bond acceptors (Lipinski definition) is 3. The lowest BCUT2D eigenvalue weighted by atomic mass is 10.2. The lowest BCUT2D eigenvalue weighted by molar-refractivity contribution is -0.137. The van der Waals surface area contributed by atoms with Crippen molar-refractivity contribution in [3.8, 4) is 0 Å².